The molecule has 0 heterocycles. The zero-order valence-corrected chi connectivity index (χ0v) is 5.74. The van der Waals surface area contributed by atoms with E-state index in [1.165, 1.54) is 0 Å². The summed E-state index contributed by atoms with van der Waals surface area (Å²) in [6, 6.07) is 0. The molecule has 1 N–H and O–H groups in total. The van der Waals surface area contributed by atoms with Crippen LogP contribution in [-0.4, -0.2) is 12.5 Å². The highest BCUT2D eigenvalue weighted by atomic mass is 16.2. The SMILES string of the molecule is C#CCNC(=O)C(=C)N=[N+]=[N-]. The number of azide groups is 1. The first-order valence-electron chi connectivity index (χ1n) is 2.68. The van der Waals surface area contributed by atoms with Gasteiger partial charge in [-0.15, -0.1) is 6.42 Å². The molecule has 0 aliphatic carbocycles. The summed E-state index contributed by atoms with van der Waals surface area (Å²) in [6.45, 7) is 3.29. The molecule has 5 heteroatoms. The van der Waals surface area contributed by atoms with E-state index in [-0.39, 0.29) is 12.2 Å². The van der Waals surface area contributed by atoms with Crippen molar-refractivity contribution in [3.63, 3.8) is 0 Å². The fraction of sp³-hybridized carbons (Fsp3) is 0.167. The maximum Gasteiger partial charge on any atom is 0.253 e. The van der Waals surface area contributed by atoms with Gasteiger partial charge >= 0.3 is 0 Å². The number of nitrogens with one attached hydrogen (secondary N) is 1. The van der Waals surface area contributed by atoms with Gasteiger partial charge in [0.05, 0.1) is 12.2 Å². The van der Waals surface area contributed by atoms with Crippen LogP contribution in [0.25, 0.3) is 10.4 Å². The lowest BCUT2D eigenvalue weighted by atomic mass is 10.4. The van der Waals surface area contributed by atoms with Crippen molar-refractivity contribution < 1.29 is 4.79 Å². The molecular formula is C6H6N4O. The number of carbonyl (C=O) groups is 1. The molecule has 0 atom stereocenters. The second-order valence-electron chi connectivity index (χ2n) is 1.52. The highest BCUT2D eigenvalue weighted by Gasteiger charge is 2.00. The standard InChI is InChI=1S/C6H6N4O/c1-3-4-8-6(11)5(2)9-10-7/h1H,2,4H2,(H,8,11). The summed E-state index contributed by atoms with van der Waals surface area (Å²) in [5, 5.41) is 5.26. The fourth-order valence-corrected chi connectivity index (χ4v) is 0.333. The van der Waals surface area contributed by atoms with Crippen LogP contribution >= 0.6 is 0 Å². The Hall–Kier alpha value is -1.92. The molecule has 0 saturated heterocycles. The van der Waals surface area contributed by atoms with Crippen LogP contribution in [0.3, 0.4) is 0 Å². The second-order valence-corrected chi connectivity index (χ2v) is 1.52. The first-order valence-corrected chi connectivity index (χ1v) is 2.68. The molecule has 0 aliphatic heterocycles. The van der Waals surface area contributed by atoms with Gasteiger partial charge in [-0.3, -0.25) is 4.79 Å². The van der Waals surface area contributed by atoms with Gasteiger partial charge in [-0.05, 0) is 5.53 Å². The molecule has 0 aromatic rings. The van der Waals surface area contributed by atoms with Gasteiger partial charge in [-0.2, -0.15) is 0 Å². The third-order valence-electron chi connectivity index (χ3n) is 0.779. The summed E-state index contributed by atoms with van der Waals surface area (Å²) < 4.78 is 0. The monoisotopic (exact) mass is 150 g/mol. The number of terminal acetylenes is 1. The van der Waals surface area contributed by atoms with Gasteiger partial charge < -0.3 is 5.32 Å². The normalized spacial score (nSPS) is 7.18. The smallest absolute Gasteiger partial charge is 0.253 e. The highest BCUT2D eigenvalue weighted by molar-refractivity contribution is 5.92. The molecule has 0 rings (SSSR count). The predicted molar refractivity (Wildman–Crippen MR) is 40.1 cm³/mol. The lowest BCUT2D eigenvalue weighted by molar-refractivity contribution is -0.117. The Morgan fingerprint density at radius 2 is 2.55 bits per heavy atom. The molecule has 11 heavy (non-hydrogen) atoms. The molecule has 0 aromatic carbocycles. The van der Waals surface area contributed by atoms with E-state index >= 15 is 0 Å². The Morgan fingerprint density at radius 1 is 1.91 bits per heavy atom. The van der Waals surface area contributed by atoms with Crippen LogP contribution in [-0.2, 0) is 4.79 Å². The summed E-state index contributed by atoms with van der Waals surface area (Å²) in [5.41, 5.74) is 7.70. The molecule has 56 valence electrons. The van der Waals surface area contributed by atoms with Crippen molar-refractivity contribution in [3.8, 4) is 12.3 Å². The van der Waals surface area contributed by atoms with E-state index in [4.69, 9.17) is 12.0 Å². The molecule has 0 radical (unpaired) electrons. The van der Waals surface area contributed by atoms with Gasteiger partial charge in [-0.25, -0.2) is 0 Å². The molecule has 0 bridgehead atoms. The van der Waals surface area contributed by atoms with Crippen molar-refractivity contribution >= 4 is 5.91 Å². The Morgan fingerprint density at radius 3 is 3.00 bits per heavy atom. The van der Waals surface area contributed by atoms with E-state index in [1.54, 1.807) is 0 Å². The first kappa shape index (κ1) is 9.08. The number of hydrogen-bond acceptors (Lipinski definition) is 2. The van der Waals surface area contributed by atoms with Crippen molar-refractivity contribution in [2.24, 2.45) is 5.11 Å². The van der Waals surface area contributed by atoms with Crippen LogP contribution in [0.4, 0.5) is 0 Å². The van der Waals surface area contributed by atoms with Gasteiger partial charge in [0.15, 0.2) is 0 Å². The predicted octanol–water partition coefficient (Wildman–Crippen LogP) is 0.560. The van der Waals surface area contributed by atoms with E-state index in [0.717, 1.165) is 0 Å². The molecule has 0 fully saturated rings. The van der Waals surface area contributed by atoms with Gasteiger partial charge in [0, 0.05) is 4.91 Å². The molecular weight excluding hydrogens is 144 g/mol. The maximum atomic E-state index is 10.7. The summed E-state index contributed by atoms with van der Waals surface area (Å²) in [6.07, 6.45) is 4.85. The zero-order chi connectivity index (χ0) is 8.69. The average Bonchev–Trinajstić information content (AvgIpc) is 2.00. The van der Waals surface area contributed by atoms with E-state index in [2.05, 4.69) is 27.8 Å². The van der Waals surface area contributed by atoms with Crippen LogP contribution in [0.15, 0.2) is 17.4 Å². The number of carbonyl (C=O) groups excluding carboxylic acids is 1. The molecule has 0 saturated carbocycles. The Kier molecular flexibility index (Phi) is 4.06. The van der Waals surface area contributed by atoms with E-state index in [1.807, 2.05) is 0 Å². The largest absolute Gasteiger partial charge is 0.341 e. The molecule has 0 unspecified atom stereocenters. The van der Waals surface area contributed by atoms with Crippen molar-refractivity contribution in [2.45, 2.75) is 0 Å². The van der Waals surface area contributed by atoms with Crippen molar-refractivity contribution in [1.29, 1.82) is 0 Å². The average molecular weight is 150 g/mol. The third-order valence-corrected chi connectivity index (χ3v) is 0.779. The van der Waals surface area contributed by atoms with Crippen molar-refractivity contribution in [2.75, 3.05) is 6.54 Å². The van der Waals surface area contributed by atoms with Crippen molar-refractivity contribution in [3.05, 3.63) is 22.7 Å². The summed E-state index contributed by atoms with van der Waals surface area (Å²) in [7, 11) is 0. The lowest BCUT2D eigenvalue weighted by Gasteiger charge is -1.96. The Labute approximate surface area is 63.7 Å². The Balaban J connectivity index is 3.96. The highest BCUT2D eigenvalue weighted by Crippen LogP contribution is 1.90. The van der Waals surface area contributed by atoms with Gasteiger partial charge in [0.25, 0.3) is 5.91 Å². The lowest BCUT2D eigenvalue weighted by Crippen LogP contribution is -2.23. The summed E-state index contributed by atoms with van der Waals surface area (Å²) in [5.74, 6) is 1.63. The third kappa shape index (κ3) is 3.62. The second kappa shape index (κ2) is 4.91. The topological polar surface area (TPSA) is 77.9 Å². The summed E-state index contributed by atoms with van der Waals surface area (Å²) >= 11 is 0. The molecule has 0 spiro atoms. The van der Waals surface area contributed by atoms with Crippen LogP contribution in [0.1, 0.15) is 0 Å². The molecule has 5 nitrogen and oxygen atoms in total. The molecule has 1 amide bonds. The van der Waals surface area contributed by atoms with Gasteiger partial charge in [0.1, 0.15) is 0 Å². The number of rotatable bonds is 3. The van der Waals surface area contributed by atoms with Crippen LogP contribution < -0.4 is 5.32 Å². The van der Waals surface area contributed by atoms with E-state index in [9.17, 15) is 4.79 Å². The number of hydrogen-bond donors (Lipinski definition) is 1. The minimum absolute atomic E-state index is 0.0960. The van der Waals surface area contributed by atoms with Crippen LogP contribution in [0.2, 0.25) is 0 Å². The van der Waals surface area contributed by atoms with Gasteiger partial charge in [0.2, 0.25) is 0 Å². The van der Waals surface area contributed by atoms with Gasteiger partial charge in [-0.1, -0.05) is 17.6 Å². The number of nitrogens with zero attached hydrogens (tertiary/aromatic N) is 3. The molecule has 0 aromatic heterocycles. The van der Waals surface area contributed by atoms with E-state index < -0.39 is 5.91 Å². The van der Waals surface area contributed by atoms with E-state index in [0.29, 0.717) is 0 Å². The molecule has 0 aliphatic rings. The van der Waals surface area contributed by atoms with Crippen molar-refractivity contribution in [1.82, 2.24) is 5.32 Å². The fourth-order valence-electron chi connectivity index (χ4n) is 0.333. The minimum Gasteiger partial charge on any atom is -0.341 e. The number of amides is 1. The van der Waals surface area contributed by atoms with Crippen LogP contribution in [0.5, 0.6) is 0 Å². The Bertz CT molecular complexity index is 256. The zero-order valence-electron chi connectivity index (χ0n) is 5.74. The minimum atomic E-state index is -0.555. The van der Waals surface area contributed by atoms with Crippen LogP contribution in [0, 0.1) is 12.3 Å². The quantitative estimate of drug-likeness (QED) is 0.206. The first-order chi connectivity index (χ1) is 5.22. The maximum absolute atomic E-state index is 10.7. The summed E-state index contributed by atoms with van der Waals surface area (Å²) in [4.78, 5) is 13.1.